The lowest BCUT2D eigenvalue weighted by Gasteiger charge is -2.22. The van der Waals surface area contributed by atoms with Crippen LogP contribution < -0.4 is 5.32 Å². The van der Waals surface area contributed by atoms with Crippen LogP contribution in [-0.2, 0) is 11.2 Å². The van der Waals surface area contributed by atoms with Crippen molar-refractivity contribution in [3.05, 3.63) is 58.5 Å². The lowest BCUT2D eigenvalue weighted by Crippen LogP contribution is -2.39. The predicted molar refractivity (Wildman–Crippen MR) is 77.4 cm³/mol. The highest BCUT2D eigenvalue weighted by Gasteiger charge is 2.44. The maximum atomic E-state index is 13.8. The molecule has 1 heterocycles. The summed E-state index contributed by atoms with van der Waals surface area (Å²) in [7, 11) is 0. The van der Waals surface area contributed by atoms with E-state index >= 15 is 0 Å². The molecule has 1 atom stereocenters. The molecule has 0 aliphatic heterocycles. The molecule has 0 fully saturated rings. The van der Waals surface area contributed by atoms with Crippen molar-refractivity contribution < 1.29 is 41.1 Å². The molecule has 0 spiro atoms. The third-order valence-electron chi connectivity index (χ3n) is 3.49. The van der Waals surface area contributed by atoms with E-state index < -0.39 is 53.3 Å². The van der Waals surface area contributed by atoms with Gasteiger partial charge in [0.15, 0.2) is 17.7 Å². The summed E-state index contributed by atoms with van der Waals surface area (Å²) in [6.45, 7) is 1.33. The van der Waals surface area contributed by atoms with Crippen molar-refractivity contribution in [2.75, 3.05) is 0 Å². The molecule has 0 saturated carbocycles. The molecule has 26 heavy (non-hydrogen) atoms. The molecule has 1 aromatic heterocycles. The number of alkyl halides is 3. The number of carbonyl (C=O) groups excluding carboxylic acids is 1. The van der Waals surface area contributed by atoms with Gasteiger partial charge in [0.2, 0.25) is 0 Å². The van der Waals surface area contributed by atoms with Crippen molar-refractivity contribution >= 4 is 11.9 Å². The predicted octanol–water partition coefficient (Wildman–Crippen LogP) is 3.53. The van der Waals surface area contributed by atoms with E-state index in [2.05, 4.69) is 0 Å². The number of carboxylic acids is 1. The third kappa shape index (κ3) is 4.01. The smallest absolute Gasteiger partial charge is 0.412 e. The topological polar surface area (TPSA) is 79.5 Å². The number of hydrogen-bond acceptors (Lipinski definition) is 3. The fourth-order valence-electron chi connectivity index (χ4n) is 2.35. The van der Waals surface area contributed by atoms with E-state index in [9.17, 15) is 31.5 Å². The molecule has 0 aliphatic rings. The Bertz CT molecular complexity index is 844. The molecule has 1 amide bonds. The number of carbonyl (C=O) groups is 2. The Labute approximate surface area is 143 Å². The molecule has 10 heteroatoms. The van der Waals surface area contributed by atoms with Gasteiger partial charge < -0.3 is 14.8 Å². The van der Waals surface area contributed by atoms with Gasteiger partial charge in [-0.15, -0.1) is 0 Å². The Hall–Kier alpha value is -2.91. The Kier molecular flexibility index (Phi) is 5.33. The van der Waals surface area contributed by atoms with E-state index in [1.165, 1.54) is 6.92 Å². The van der Waals surface area contributed by atoms with E-state index in [0.717, 1.165) is 12.3 Å². The third-order valence-corrected chi connectivity index (χ3v) is 3.49. The quantitative estimate of drug-likeness (QED) is 0.782. The zero-order chi connectivity index (χ0) is 19.6. The van der Waals surface area contributed by atoms with Crippen molar-refractivity contribution in [2.24, 2.45) is 0 Å². The number of nitrogens with one attached hydrogen (secondary N) is 1. The zero-order valence-electron chi connectivity index (χ0n) is 13.2. The Morgan fingerprint density at radius 3 is 2.50 bits per heavy atom. The monoisotopic (exact) mass is 377 g/mol. The summed E-state index contributed by atoms with van der Waals surface area (Å²) in [5.74, 6) is -6.29. The molecule has 1 aromatic carbocycles. The van der Waals surface area contributed by atoms with Gasteiger partial charge >= 0.3 is 12.1 Å². The first kappa shape index (κ1) is 19.4. The second-order valence-electron chi connectivity index (χ2n) is 5.38. The highest BCUT2D eigenvalue weighted by molar-refractivity contribution is 5.97. The highest BCUT2D eigenvalue weighted by Crippen LogP contribution is 2.35. The first-order valence-corrected chi connectivity index (χ1v) is 7.12. The molecular formula is C16H12F5NO4. The van der Waals surface area contributed by atoms with Gasteiger partial charge in [0.1, 0.15) is 12.2 Å². The number of aliphatic carboxylic acids is 1. The number of halogens is 5. The van der Waals surface area contributed by atoms with Crippen LogP contribution in [0.25, 0.3) is 0 Å². The first-order valence-electron chi connectivity index (χ1n) is 7.12. The van der Waals surface area contributed by atoms with Gasteiger partial charge in [-0.1, -0.05) is 12.1 Å². The fourth-order valence-corrected chi connectivity index (χ4v) is 2.35. The van der Waals surface area contributed by atoms with Gasteiger partial charge in [-0.3, -0.25) is 9.59 Å². The van der Waals surface area contributed by atoms with E-state index in [0.29, 0.717) is 12.1 Å². The Morgan fingerprint density at radius 1 is 1.27 bits per heavy atom. The lowest BCUT2D eigenvalue weighted by molar-refractivity contribution is -0.156. The number of rotatable bonds is 5. The highest BCUT2D eigenvalue weighted by atomic mass is 19.4. The van der Waals surface area contributed by atoms with E-state index in [1.807, 2.05) is 0 Å². The van der Waals surface area contributed by atoms with Crippen molar-refractivity contribution in [3.8, 4) is 0 Å². The molecular weight excluding hydrogens is 365 g/mol. The molecule has 2 aromatic rings. The summed E-state index contributed by atoms with van der Waals surface area (Å²) < 4.78 is 71.9. The summed E-state index contributed by atoms with van der Waals surface area (Å²) in [6, 6.07) is -0.633. The molecule has 2 N–H and O–H groups in total. The van der Waals surface area contributed by atoms with E-state index in [4.69, 9.17) is 9.52 Å². The van der Waals surface area contributed by atoms with Gasteiger partial charge in [0.05, 0.1) is 11.8 Å². The van der Waals surface area contributed by atoms with Crippen LogP contribution in [0, 0.1) is 18.6 Å². The van der Waals surface area contributed by atoms with Crippen LogP contribution in [0.15, 0.2) is 28.9 Å². The standard InChI is InChI=1S/C16H12F5NO4/c1-7-6-26-10(5-11(23)24)12(7)15(25)22-14(16(19,20)21)8-3-2-4-9(17)13(8)18/h2-4,6,14H,5H2,1H3,(H,22,25)(H,23,24). The average Bonchev–Trinajstić information content (AvgIpc) is 2.86. The maximum absolute atomic E-state index is 13.8. The summed E-state index contributed by atoms with van der Waals surface area (Å²) in [5.41, 5.74) is -1.41. The molecule has 140 valence electrons. The molecule has 5 nitrogen and oxygen atoms in total. The number of hydrogen-bond donors (Lipinski definition) is 2. The van der Waals surface area contributed by atoms with Crippen LogP contribution in [0.1, 0.15) is 33.3 Å². The molecule has 0 radical (unpaired) electrons. The van der Waals surface area contributed by atoms with Crippen LogP contribution in [0.5, 0.6) is 0 Å². The number of aryl methyl sites for hydroxylation is 1. The molecule has 2 rings (SSSR count). The van der Waals surface area contributed by atoms with Crippen LogP contribution in [0.3, 0.4) is 0 Å². The lowest BCUT2D eigenvalue weighted by atomic mass is 10.0. The number of amides is 1. The minimum Gasteiger partial charge on any atom is -0.481 e. The number of carboxylic acid groups (broad SMARTS) is 1. The van der Waals surface area contributed by atoms with Crippen LogP contribution in [-0.4, -0.2) is 23.2 Å². The fraction of sp³-hybridized carbons (Fsp3) is 0.250. The summed E-state index contributed by atoms with van der Waals surface area (Å²) in [6.07, 6.45) is -4.85. The number of benzene rings is 1. The average molecular weight is 377 g/mol. The van der Waals surface area contributed by atoms with Gasteiger partial charge in [0, 0.05) is 11.1 Å². The van der Waals surface area contributed by atoms with Gasteiger partial charge in [-0.05, 0) is 13.0 Å². The molecule has 0 saturated heterocycles. The summed E-state index contributed by atoms with van der Waals surface area (Å²) >= 11 is 0. The van der Waals surface area contributed by atoms with Crippen LogP contribution in [0.2, 0.25) is 0 Å². The van der Waals surface area contributed by atoms with Crippen molar-refractivity contribution in [1.82, 2.24) is 5.32 Å². The van der Waals surface area contributed by atoms with Crippen molar-refractivity contribution in [2.45, 2.75) is 25.6 Å². The van der Waals surface area contributed by atoms with Gasteiger partial charge in [-0.2, -0.15) is 13.2 Å². The first-order chi connectivity index (χ1) is 12.0. The van der Waals surface area contributed by atoms with Crippen LogP contribution >= 0.6 is 0 Å². The minimum absolute atomic E-state index is 0.0967. The Morgan fingerprint density at radius 2 is 1.92 bits per heavy atom. The second kappa shape index (κ2) is 7.14. The normalized spacial score (nSPS) is 12.7. The number of furan rings is 1. The Balaban J connectivity index is 2.42. The van der Waals surface area contributed by atoms with E-state index in [1.54, 1.807) is 5.32 Å². The summed E-state index contributed by atoms with van der Waals surface area (Å²) in [5, 5.41) is 10.4. The van der Waals surface area contributed by atoms with Crippen LogP contribution in [0.4, 0.5) is 22.0 Å². The van der Waals surface area contributed by atoms with E-state index in [-0.39, 0.29) is 11.3 Å². The van der Waals surface area contributed by atoms with Gasteiger partial charge in [0.25, 0.3) is 5.91 Å². The SMILES string of the molecule is Cc1coc(CC(=O)O)c1C(=O)NC(c1cccc(F)c1F)C(F)(F)F. The summed E-state index contributed by atoms with van der Waals surface area (Å²) in [4.78, 5) is 23.1. The molecule has 1 unspecified atom stereocenters. The maximum Gasteiger partial charge on any atom is 0.412 e. The minimum atomic E-state index is -5.13. The van der Waals surface area contributed by atoms with Crippen molar-refractivity contribution in [3.63, 3.8) is 0 Å². The van der Waals surface area contributed by atoms with Gasteiger partial charge in [-0.25, -0.2) is 8.78 Å². The second-order valence-corrected chi connectivity index (χ2v) is 5.38. The zero-order valence-corrected chi connectivity index (χ0v) is 13.2. The largest absolute Gasteiger partial charge is 0.481 e. The van der Waals surface area contributed by atoms with Crippen molar-refractivity contribution in [1.29, 1.82) is 0 Å². The molecule has 0 aliphatic carbocycles. The molecule has 0 bridgehead atoms.